The van der Waals surface area contributed by atoms with Gasteiger partial charge in [-0.1, -0.05) is 90.4 Å². The Labute approximate surface area is 201 Å². The van der Waals surface area contributed by atoms with Crippen LogP contribution in [0.5, 0.6) is 0 Å². The number of carboxylic acid groups (broad SMARTS) is 1. The third-order valence-electron chi connectivity index (χ3n) is 5.78. The first kappa shape index (κ1) is 29.0. The molecule has 5 nitrogen and oxygen atoms in total. The van der Waals surface area contributed by atoms with Gasteiger partial charge in [-0.05, 0) is 57.4 Å². The van der Waals surface area contributed by atoms with Crippen molar-refractivity contribution in [3.63, 3.8) is 0 Å². The highest BCUT2D eigenvalue weighted by Gasteiger charge is 2.17. The zero-order chi connectivity index (χ0) is 24.5. The Morgan fingerprint density at radius 3 is 1.76 bits per heavy atom. The van der Waals surface area contributed by atoms with Crippen LogP contribution in [0.15, 0.2) is 18.2 Å². The van der Waals surface area contributed by atoms with Gasteiger partial charge in [0.1, 0.15) is 5.60 Å². The Morgan fingerprint density at radius 2 is 1.30 bits per heavy atom. The van der Waals surface area contributed by atoms with Crippen molar-refractivity contribution in [3.05, 3.63) is 29.3 Å². The lowest BCUT2D eigenvalue weighted by Crippen LogP contribution is -2.27. The first-order chi connectivity index (χ1) is 15.7. The third-order valence-corrected chi connectivity index (χ3v) is 5.78. The van der Waals surface area contributed by atoms with Crippen LogP contribution in [-0.4, -0.2) is 22.8 Å². The standard InChI is InChI=1S/C28H47NO4/c1-5-6-7-8-9-10-11-12-13-14-15-16-17-18-19-23-22-24(20-21-25(23)26(30)31)29-27(32)33-28(2,3)4/h20-22H,5-19H2,1-4H3,(H,29,32)(H,30,31). The highest BCUT2D eigenvalue weighted by molar-refractivity contribution is 5.91. The lowest BCUT2D eigenvalue weighted by molar-refractivity contribution is 0.0634. The van der Waals surface area contributed by atoms with E-state index in [4.69, 9.17) is 4.74 Å². The Bertz CT molecular complexity index is 694. The molecule has 0 radical (unpaired) electrons. The molecule has 1 aromatic carbocycles. The van der Waals surface area contributed by atoms with Crippen LogP contribution < -0.4 is 5.32 Å². The first-order valence-electron chi connectivity index (χ1n) is 13.1. The second-order valence-corrected chi connectivity index (χ2v) is 10.2. The molecule has 0 aliphatic heterocycles. The minimum Gasteiger partial charge on any atom is -0.478 e. The number of unbranched alkanes of at least 4 members (excludes halogenated alkanes) is 13. The number of ether oxygens (including phenoxy) is 1. The molecule has 0 unspecified atom stereocenters. The fraction of sp³-hybridized carbons (Fsp3) is 0.714. The fourth-order valence-corrected chi connectivity index (χ4v) is 4.02. The van der Waals surface area contributed by atoms with E-state index in [0.29, 0.717) is 17.7 Å². The Balaban J connectivity index is 2.26. The van der Waals surface area contributed by atoms with E-state index in [1.54, 1.807) is 39.0 Å². The summed E-state index contributed by atoms with van der Waals surface area (Å²) in [6, 6.07) is 4.94. The number of carbonyl (C=O) groups excluding carboxylic acids is 1. The maximum Gasteiger partial charge on any atom is 0.412 e. The minimum atomic E-state index is -0.931. The van der Waals surface area contributed by atoms with Crippen molar-refractivity contribution in [2.75, 3.05) is 5.32 Å². The molecular formula is C28H47NO4. The van der Waals surface area contributed by atoms with Gasteiger partial charge in [-0.2, -0.15) is 0 Å². The number of rotatable bonds is 17. The van der Waals surface area contributed by atoms with Crippen LogP contribution >= 0.6 is 0 Å². The molecule has 0 saturated carbocycles. The summed E-state index contributed by atoms with van der Waals surface area (Å²) in [5.41, 5.74) is 1.05. The van der Waals surface area contributed by atoms with Gasteiger partial charge in [-0.15, -0.1) is 0 Å². The van der Waals surface area contributed by atoms with E-state index in [1.807, 2.05) is 0 Å². The predicted octanol–water partition coefficient (Wildman–Crippen LogP) is 8.76. The molecule has 0 atom stereocenters. The summed E-state index contributed by atoms with van der Waals surface area (Å²) in [5, 5.41) is 12.2. The summed E-state index contributed by atoms with van der Waals surface area (Å²) in [6.07, 6.45) is 18.3. The Morgan fingerprint density at radius 1 is 0.818 bits per heavy atom. The van der Waals surface area contributed by atoms with Crippen molar-refractivity contribution >= 4 is 17.7 Å². The van der Waals surface area contributed by atoms with Crippen molar-refractivity contribution in [1.82, 2.24) is 0 Å². The number of nitrogens with one attached hydrogen (secondary N) is 1. The maximum atomic E-state index is 12.0. The molecule has 33 heavy (non-hydrogen) atoms. The molecule has 188 valence electrons. The van der Waals surface area contributed by atoms with E-state index in [-0.39, 0.29) is 0 Å². The normalized spacial score (nSPS) is 11.4. The van der Waals surface area contributed by atoms with Crippen LogP contribution in [0.3, 0.4) is 0 Å². The van der Waals surface area contributed by atoms with Crippen LogP contribution in [0.25, 0.3) is 0 Å². The summed E-state index contributed by atoms with van der Waals surface area (Å²) in [5.74, 6) is -0.931. The molecule has 0 bridgehead atoms. The molecular weight excluding hydrogens is 414 g/mol. The van der Waals surface area contributed by atoms with Gasteiger partial charge in [-0.3, -0.25) is 5.32 Å². The van der Waals surface area contributed by atoms with Gasteiger partial charge in [0.05, 0.1) is 5.56 Å². The number of anilines is 1. The zero-order valence-electron chi connectivity index (χ0n) is 21.5. The van der Waals surface area contributed by atoms with Crippen molar-refractivity contribution in [3.8, 4) is 0 Å². The molecule has 0 aromatic heterocycles. The smallest absolute Gasteiger partial charge is 0.412 e. The van der Waals surface area contributed by atoms with Crippen LogP contribution in [0.2, 0.25) is 0 Å². The summed E-state index contributed by atoms with van der Waals surface area (Å²) in [6.45, 7) is 7.68. The second-order valence-electron chi connectivity index (χ2n) is 10.2. The minimum absolute atomic E-state index is 0.305. The van der Waals surface area contributed by atoms with E-state index in [1.165, 1.54) is 77.0 Å². The SMILES string of the molecule is CCCCCCCCCCCCCCCCc1cc(NC(=O)OC(C)(C)C)ccc1C(=O)O. The lowest BCUT2D eigenvalue weighted by atomic mass is 9.99. The van der Waals surface area contributed by atoms with Crippen molar-refractivity contribution < 1.29 is 19.4 Å². The molecule has 0 aliphatic carbocycles. The van der Waals surface area contributed by atoms with Crippen molar-refractivity contribution in [2.24, 2.45) is 0 Å². The number of amides is 1. The molecule has 1 amide bonds. The largest absolute Gasteiger partial charge is 0.478 e. The second kappa shape index (κ2) is 16.6. The van der Waals surface area contributed by atoms with E-state index < -0.39 is 17.7 Å². The van der Waals surface area contributed by atoms with Crippen molar-refractivity contribution in [2.45, 2.75) is 130 Å². The van der Waals surface area contributed by atoms with E-state index in [0.717, 1.165) is 18.4 Å². The zero-order valence-corrected chi connectivity index (χ0v) is 21.5. The number of hydrogen-bond acceptors (Lipinski definition) is 3. The number of hydrogen-bond donors (Lipinski definition) is 2. The van der Waals surface area contributed by atoms with Crippen LogP contribution in [0.4, 0.5) is 10.5 Å². The quantitative estimate of drug-likeness (QED) is 0.227. The molecule has 0 spiro atoms. The van der Waals surface area contributed by atoms with Gasteiger partial charge in [-0.25, -0.2) is 9.59 Å². The highest BCUT2D eigenvalue weighted by Crippen LogP contribution is 2.21. The summed E-state index contributed by atoms with van der Waals surface area (Å²) >= 11 is 0. The molecule has 0 fully saturated rings. The highest BCUT2D eigenvalue weighted by atomic mass is 16.6. The summed E-state index contributed by atoms with van der Waals surface area (Å²) in [4.78, 5) is 23.6. The lowest BCUT2D eigenvalue weighted by Gasteiger charge is -2.20. The molecule has 1 aromatic rings. The topological polar surface area (TPSA) is 75.6 Å². The molecule has 0 aliphatic rings. The van der Waals surface area contributed by atoms with Gasteiger partial charge in [0, 0.05) is 5.69 Å². The molecule has 0 heterocycles. The van der Waals surface area contributed by atoms with E-state index in [9.17, 15) is 14.7 Å². The number of carboxylic acids is 1. The van der Waals surface area contributed by atoms with Gasteiger partial charge in [0.2, 0.25) is 0 Å². The average Bonchev–Trinajstić information content (AvgIpc) is 2.72. The average molecular weight is 462 g/mol. The summed E-state index contributed by atoms with van der Waals surface area (Å²) in [7, 11) is 0. The Kier molecular flexibility index (Phi) is 14.5. The van der Waals surface area contributed by atoms with Gasteiger partial charge >= 0.3 is 12.1 Å². The van der Waals surface area contributed by atoms with Gasteiger partial charge in [0.25, 0.3) is 0 Å². The van der Waals surface area contributed by atoms with E-state index >= 15 is 0 Å². The Hall–Kier alpha value is -2.04. The molecule has 0 saturated heterocycles. The van der Waals surface area contributed by atoms with E-state index in [2.05, 4.69) is 12.2 Å². The molecule has 2 N–H and O–H groups in total. The summed E-state index contributed by atoms with van der Waals surface area (Å²) < 4.78 is 5.28. The van der Waals surface area contributed by atoms with Gasteiger partial charge in [0.15, 0.2) is 0 Å². The monoisotopic (exact) mass is 461 g/mol. The predicted molar refractivity (Wildman–Crippen MR) is 137 cm³/mol. The maximum absolute atomic E-state index is 12.0. The molecule has 1 rings (SSSR count). The fourth-order valence-electron chi connectivity index (χ4n) is 4.02. The number of benzene rings is 1. The number of aryl methyl sites for hydroxylation is 1. The van der Waals surface area contributed by atoms with Crippen LogP contribution in [0.1, 0.15) is 134 Å². The molecule has 5 heteroatoms. The number of carbonyl (C=O) groups is 2. The third kappa shape index (κ3) is 14.7. The van der Waals surface area contributed by atoms with Crippen LogP contribution in [0, 0.1) is 0 Å². The van der Waals surface area contributed by atoms with Gasteiger partial charge < -0.3 is 9.84 Å². The van der Waals surface area contributed by atoms with Crippen LogP contribution in [-0.2, 0) is 11.2 Å². The van der Waals surface area contributed by atoms with Crippen molar-refractivity contribution in [1.29, 1.82) is 0 Å². The first-order valence-corrected chi connectivity index (χ1v) is 13.1. The number of aromatic carboxylic acids is 1.